The van der Waals surface area contributed by atoms with Gasteiger partial charge in [-0.05, 0) is 19.3 Å². The first kappa shape index (κ1) is 17.6. The molecule has 1 heterocycles. The van der Waals surface area contributed by atoms with Gasteiger partial charge in [-0.2, -0.15) is 13.2 Å². The molecule has 0 radical (unpaired) electrons. The maximum atomic E-state index is 12.7. The van der Waals surface area contributed by atoms with Crippen LogP contribution in [-0.4, -0.2) is 47.3 Å². The van der Waals surface area contributed by atoms with Crippen LogP contribution < -0.4 is 5.32 Å². The summed E-state index contributed by atoms with van der Waals surface area (Å²) in [5.74, 6) is -2.54. The van der Waals surface area contributed by atoms with E-state index in [9.17, 15) is 22.8 Å². The number of halogens is 3. The molecule has 2 N–H and O–H groups in total. The zero-order valence-electron chi connectivity index (χ0n) is 11.9. The highest BCUT2D eigenvalue weighted by atomic mass is 19.4. The molecule has 1 rings (SSSR count). The first-order valence-corrected chi connectivity index (χ1v) is 7.08. The van der Waals surface area contributed by atoms with E-state index in [1.54, 1.807) is 0 Å². The van der Waals surface area contributed by atoms with Crippen LogP contribution in [0.15, 0.2) is 0 Å². The molecule has 1 aliphatic heterocycles. The van der Waals surface area contributed by atoms with Crippen molar-refractivity contribution in [2.24, 2.45) is 5.92 Å². The lowest BCUT2D eigenvalue weighted by Crippen LogP contribution is -2.51. The lowest BCUT2D eigenvalue weighted by Gasteiger charge is -2.34. The Morgan fingerprint density at radius 2 is 2.10 bits per heavy atom. The van der Waals surface area contributed by atoms with Gasteiger partial charge in [0.25, 0.3) is 0 Å². The van der Waals surface area contributed by atoms with E-state index in [0.29, 0.717) is 19.3 Å². The normalized spacial score (nSPS) is 21.0. The van der Waals surface area contributed by atoms with Gasteiger partial charge in [-0.1, -0.05) is 13.3 Å². The van der Waals surface area contributed by atoms with Crippen LogP contribution in [0.3, 0.4) is 0 Å². The second-order valence-corrected chi connectivity index (χ2v) is 5.36. The van der Waals surface area contributed by atoms with E-state index >= 15 is 0 Å². The lowest BCUT2D eigenvalue weighted by atomic mass is 9.98. The van der Waals surface area contributed by atoms with E-state index in [1.165, 1.54) is 0 Å². The second-order valence-electron chi connectivity index (χ2n) is 5.36. The maximum absolute atomic E-state index is 12.7. The van der Waals surface area contributed by atoms with Crippen molar-refractivity contribution in [2.45, 2.75) is 51.2 Å². The van der Waals surface area contributed by atoms with Gasteiger partial charge in [0, 0.05) is 19.1 Å². The molecule has 0 aromatic heterocycles. The molecule has 0 spiro atoms. The third-order valence-corrected chi connectivity index (χ3v) is 3.56. The number of rotatable bonds is 5. The Morgan fingerprint density at radius 1 is 1.43 bits per heavy atom. The molecule has 0 saturated carbocycles. The molecule has 1 saturated heterocycles. The SMILES string of the molecule is CCCC(CC(=O)O)NC(=O)N1CCCC(C(F)(F)F)C1. The molecule has 2 amide bonds. The van der Waals surface area contributed by atoms with Crippen molar-refractivity contribution in [1.29, 1.82) is 0 Å². The number of hydrogen-bond donors (Lipinski definition) is 2. The third-order valence-electron chi connectivity index (χ3n) is 3.56. The zero-order valence-corrected chi connectivity index (χ0v) is 11.9. The molecule has 21 heavy (non-hydrogen) atoms. The molecule has 5 nitrogen and oxygen atoms in total. The fourth-order valence-electron chi connectivity index (χ4n) is 2.48. The summed E-state index contributed by atoms with van der Waals surface area (Å²) in [6, 6.07) is -1.16. The van der Waals surface area contributed by atoms with Crippen molar-refractivity contribution in [2.75, 3.05) is 13.1 Å². The number of carbonyl (C=O) groups excluding carboxylic acids is 1. The predicted octanol–water partition coefficient (Wildman–Crippen LogP) is 2.61. The van der Waals surface area contributed by atoms with Crippen LogP contribution in [0.2, 0.25) is 0 Å². The van der Waals surface area contributed by atoms with Gasteiger partial charge in [0.1, 0.15) is 0 Å². The average Bonchev–Trinajstić information content (AvgIpc) is 2.37. The highest BCUT2D eigenvalue weighted by molar-refractivity contribution is 5.76. The molecule has 122 valence electrons. The summed E-state index contributed by atoms with van der Waals surface area (Å²) in [6.07, 6.45) is -3.04. The first-order chi connectivity index (χ1) is 9.74. The van der Waals surface area contributed by atoms with Crippen molar-refractivity contribution in [3.05, 3.63) is 0 Å². The van der Waals surface area contributed by atoms with Crippen LogP contribution in [-0.2, 0) is 4.79 Å². The third kappa shape index (κ3) is 5.81. The van der Waals surface area contributed by atoms with Crippen molar-refractivity contribution >= 4 is 12.0 Å². The fourth-order valence-corrected chi connectivity index (χ4v) is 2.48. The summed E-state index contributed by atoms with van der Waals surface area (Å²) in [4.78, 5) is 23.8. The minimum absolute atomic E-state index is 0.0286. The van der Waals surface area contributed by atoms with Crippen LogP contribution in [0.25, 0.3) is 0 Å². The second kappa shape index (κ2) is 7.51. The van der Waals surface area contributed by atoms with E-state index in [4.69, 9.17) is 5.11 Å². The average molecular weight is 310 g/mol. The predicted molar refractivity (Wildman–Crippen MR) is 69.8 cm³/mol. The summed E-state index contributed by atoms with van der Waals surface area (Å²) in [7, 11) is 0. The Bertz CT molecular complexity index is 374. The molecule has 0 aromatic rings. The van der Waals surface area contributed by atoms with Crippen molar-refractivity contribution in [3.8, 4) is 0 Å². The number of carboxylic acid groups (broad SMARTS) is 1. The summed E-state index contributed by atoms with van der Waals surface area (Å²) < 4.78 is 38.1. The summed E-state index contributed by atoms with van der Waals surface area (Å²) in [6.45, 7) is 1.76. The van der Waals surface area contributed by atoms with Crippen LogP contribution in [0.5, 0.6) is 0 Å². The molecule has 0 aliphatic carbocycles. The van der Waals surface area contributed by atoms with E-state index in [-0.39, 0.29) is 25.9 Å². The fraction of sp³-hybridized carbons (Fsp3) is 0.846. The smallest absolute Gasteiger partial charge is 0.393 e. The first-order valence-electron chi connectivity index (χ1n) is 7.08. The minimum atomic E-state index is -4.30. The highest BCUT2D eigenvalue weighted by Gasteiger charge is 2.42. The van der Waals surface area contributed by atoms with Gasteiger partial charge >= 0.3 is 18.2 Å². The number of carboxylic acids is 1. The van der Waals surface area contributed by atoms with Crippen molar-refractivity contribution < 1.29 is 27.9 Å². The summed E-state index contributed by atoms with van der Waals surface area (Å²) >= 11 is 0. The van der Waals surface area contributed by atoms with Gasteiger partial charge in [0.2, 0.25) is 0 Å². The molecule has 8 heteroatoms. The number of urea groups is 1. The Morgan fingerprint density at radius 3 is 2.62 bits per heavy atom. The van der Waals surface area contributed by atoms with E-state index < -0.39 is 30.1 Å². The summed E-state index contributed by atoms with van der Waals surface area (Å²) in [5, 5.41) is 11.3. The van der Waals surface area contributed by atoms with Crippen LogP contribution in [0.4, 0.5) is 18.0 Å². The van der Waals surface area contributed by atoms with Crippen LogP contribution in [0, 0.1) is 5.92 Å². The lowest BCUT2D eigenvalue weighted by molar-refractivity contribution is -0.184. The molecule has 0 bridgehead atoms. The van der Waals surface area contributed by atoms with Gasteiger partial charge < -0.3 is 15.3 Å². The quantitative estimate of drug-likeness (QED) is 0.820. The Hall–Kier alpha value is -1.47. The minimum Gasteiger partial charge on any atom is -0.481 e. The van der Waals surface area contributed by atoms with Crippen LogP contribution >= 0.6 is 0 Å². The Kier molecular flexibility index (Phi) is 6.29. The van der Waals surface area contributed by atoms with Gasteiger partial charge in [-0.25, -0.2) is 4.79 Å². The zero-order chi connectivity index (χ0) is 16.0. The van der Waals surface area contributed by atoms with E-state index in [1.807, 2.05) is 6.92 Å². The highest BCUT2D eigenvalue weighted by Crippen LogP contribution is 2.33. The molecule has 2 unspecified atom stereocenters. The van der Waals surface area contributed by atoms with Gasteiger partial charge in [-0.3, -0.25) is 4.79 Å². The number of hydrogen-bond acceptors (Lipinski definition) is 2. The summed E-state index contributed by atoms with van der Waals surface area (Å²) in [5.41, 5.74) is 0. The van der Waals surface area contributed by atoms with Gasteiger partial charge in [0.15, 0.2) is 0 Å². The standard InChI is InChI=1S/C13H21F3N2O3/c1-2-4-10(7-11(19)20)17-12(21)18-6-3-5-9(8-18)13(14,15)16/h9-10H,2-8H2,1H3,(H,17,21)(H,19,20). The number of alkyl halides is 3. The maximum Gasteiger partial charge on any atom is 0.393 e. The Labute approximate surface area is 121 Å². The topological polar surface area (TPSA) is 69.6 Å². The molecular formula is C13H21F3N2O3. The molecule has 0 aromatic carbocycles. The van der Waals surface area contributed by atoms with Gasteiger partial charge in [-0.15, -0.1) is 0 Å². The Balaban J connectivity index is 2.58. The van der Waals surface area contributed by atoms with Crippen molar-refractivity contribution in [1.82, 2.24) is 10.2 Å². The monoisotopic (exact) mass is 310 g/mol. The number of nitrogens with one attached hydrogen (secondary N) is 1. The largest absolute Gasteiger partial charge is 0.481 e. The molecule has 1 aliphatic rings. The molecule has 2 atom stereocenters. The van der Waals surface area contributed by atoms with Crippen molar-refractivity contribution in [3.63, 3.8) is 0 Å². The van der Waals surface area contributed by atoms with Gasteiger partial charge in [0.05, 0.1) is 12.3 Å². The number of carbonyl (C=O) groups is 2. The van der Waals surface area contributed by atoms with Crippen LogP contribution in [0.1, 0.15) is 39.0 Å². The molecule has 1 fully saturated rings. The number of nitrogens with zero attached hydrogens (tertiary/aromatic N) is 1. The molecular weight excluding hydrogens is 289 g/mol. The van der Waals surface area contributed by atoms with E-state index in [0.717, 1.165) is 4.90 Å². The van der Waals surface area contributed by atoms with E-state index in [2.05, 4.69) is 5.32 Å². The number of aliphatic carboxylic acids is 1. The number of amides is 2. The number of likely N-dealkylation sites (tertiary alicyclic amines) is 1. The number of piperidine rings is 1.